The van der Waals surface area contributed by atoms with Crippen LogP contribution in [0.25, 0.3) is 0 Å². The normalized spacial score (nSPS) is 24.1. The van der Waals surface area contributed by atoms with Gasteiger partial charge in [0.05, 0.1) is 0 Å². The predicted octanol–water partition coefficient (Wildman–Crippen LogP) is 2.26. The van der Waals surface area contributed by atoms with Crippen LogP contribution in [0.5, 0.6) is 5.75 Å². The second kappa shape index (κ2) is 5.24. The van der Waals surface area contributed by atoms with Crippen LogP contribution in [0, 0.1) is 11.7 Å². The lowest BCUT2D eigenvalue weighted by Crippen LogP contribution is -2.31. The number of phenols is 1. The first kappa shape index (κ1) is 13.3. The number of phenolic OH excluding ortho intramolecular Hbond substituents is 1. The molecule has 3 atom stereocenters. The second-order valence-electron chi connectivity index (χ2n) is 5.28. The summed E-state index contributed by atoms with van der Waals surface area (Å²) in [5.41, 5.74) is 6.55. The molecule has 0 amide bonds. The van der Waals surface area contributed by atoms with Gasteiger partial charge in [-0.05, 0) is 38.8 Å². The molecule has 2 rings (SSSR count). The number of nitrogens with zero attached hydrogens (tertiary/aromatic N) is 1. The Morgan fingerprint density at radius 2 is 2.17 bits per heavy atom. The van der Waals surface area contributed by atoms with Gasteiger partial charge in [-0.2, -0.15) is 0 Å². The standard InChI is InChI=1S/C14H21FN2O/c1-9(16)11-5-6-17(8-11)10(2)13-4-3-12(18)7-14(13)15/h3-4,7,9-11,18H,5-6,8,16H2,1-2H3. The predicted molar refractivity (Wildman–Crippen MR) is 69.8 cm³/mol. The average molecular weight is 252 g/mol. The molecule has 3 N–H and O–H groups in total. The smallest absolute Gasteiger partial charge is 0.131 e. The van der Waals surface area contributed by atoms with Crippen LogP contribution >= 0.6 is 0 Å². The van der Waals surface area contributed by atoms with Crippen LogP contribution in [0.2, 0.25) is 0 Å². The number of hydrogen-bond acceptors (Lipinski definition) is 3. The Labute approximate surface area is 107 Å². The topological polar surface area (TPSA) is 49.5 Å². The van der Waals surface area contributed by atoms with E-state index in [9.17, 15) is 9.50 Å². The number of aromatic hydroxyl groups is 1. The minimum absolute atomic E-state index is 0.0225. The lowest BCUT2D eigenvalue weighted by Gasteiger charge is -2.25. The highest BCUT2D eigenvalue weighted by Crippen LogP contribution is 2.30. The zero-order valence-corrected chi connectivity index (χ0v) is 10.9. The van der Waals surface area contributed by atoms with Crippen molar-refractivity contribution in [1.29, 1.82) is 0 Å². The molecule has 1 aromatic carbocycles. The summed E-state index contributed by atoms with van der Waals surface area (Å²) in [7, 11) is 0. The lowest BCUT2D eigenvalue weighted by atomic mass is 10.0. The van der Waals surface area contributed by atoms with Crippen molar-refractivity contribution >= 4 is 0 Å². The highest BCUT2D eigenvalue weighted by molar-refractivity contribution is 5.29. The molecule has 3 unspecified atom stereocenters. The minimum atomic E-state index is -0.341. The molecule has 4 heteroatoms. The van der Waals surface area contributed by atoms with E-state index >= 15 is 0 Å². The highest BCUT2D eigenvalue weighted by Gasteiger charge is 2.29. The van der Waals surface area contributed by atoms with E-state index in [1.54, 1.807) is 6.07 Å². The molecule has 0 spiro atoms. The first-order valence-electron chi connectivity index (χ1n) is 6.47. The molecule has 0 bridgehead atoms. The number of benzene rings is 1. The number of rotatable bonds is 3. The van der Waals surface area contributed by atoms with Crippen molar-refractivity contribution < 1.29 is 9.50 Å². The monoisotopic (exact) mass is 252 g/mol. The molecule has 100 valence electrons. The minimum Gasteiger partial charge on any atom is -0.508 e. The van der Waals surface area contributed by atoms with Crippen LogP contribution in [-0.2, 0) is 0 Å². The van der Waals surface area contributed by atoms with Gasteiger partial charge in [0.15, 0.2) is 0 Å². The fourth-order valence-corrected chi connectivity index (χ4v) is 2.65. The Morgan fingerprint density at radius 1 is 1.44 bits per heavy atom. The molecule has 18 heavy (non-hydrogen) atoms. The van der Waals surface area contributed by atoms with Gasteiger partial charge in [0.25, 0.3) is 0 Å². The van der Waals surface area contributed by atoms with Crippen LogP contribution < -0.4 is 5.73 Å². The Hall–Kier alpha value is -1.13. The molecule has 1 heterocycles. The van der Waals surface area contributed by atoms with Crippen molar-refractivity contribution in [2.45, 2.75) is 32.4 Å². The van der Waals surface area contributed by atoms with Gasteiger partial charge in [-0.3, -0.25) is 4.90 Å². The van der Waals surface area contributed by atoms with Crippen LogP contribution in [-0.4, -0.2) is 29.1 Å². The van der Waals surface area contributed by atoms with E-state index in [4.69, 9.17) is 5.73 Å². The maximum atomic E-state index is 13.8. The summed E-state index contributed by atoms with van der Waals surface area (Å²) >= 11 is 0. The van der Waals surface area contributed by atoms with Gasteiger partial charge in [0.2, 0.25) is 0 Å². The highest BCUT2D eigenvalue weighted by atomic mass is 19.1. The number of likely N-dealkylation sites (tertiary alicyclic amines) is 1. The van der Waals surface area contributed by atoms with Gasteiger partial charge in [0.1, 0.15) is 11.6 Å². The summed E-state index contributed by atoms with van der Waals surface area (Å²) in [6, 6.07) is 4.58. The Balaban J connectivity index is 2.10. The summed E-state index contributed by atoms with van der Waals surface area (Å²) < 4.78 is 13.8. The maximum Gasteiger partial charge on any atom is 0.131 e. The first-order chi connectivity index (χ1) is 8.49. The van der Waals surface area contributed by atoms with Crippen molar-refractivity contribution in [2.75, 3.05) is 13.1 Å². The zero-order chi connectivity index (χ0) is 13.3. The fraction of sp³-hybridized carbons (Fsp3) is 0.571. The van der Waals surface area contributed by atoms with Gasteiger partial charge in [-0.15, -0.1) is 0 Å². The van der Waals surface area contributed by atoms with Gasteiger partial charge in [-0.1, -0.05) is 6.07 Å². The molecule has 0 aliphatic carbocycles. The molecule has 0 saturated carbocycles. The molecule has 1 fully saturated rings. The third kappa shape index (κ3) is 2.65. The van der Waals surface area contributed by atoms with Crippen molar-refractivity contribution in [2.24, 2.45) is 11.7 Å². The third-order valence-electron chi connectivity index (χ3n) is 3.98. The largest absolute Gasteiger partial charge is 0.508 e. The van der Waals surface area contributed by atoms with E-state index in [1.807, 2.05) is 13.8 Å². The van der Waals surface area contributed by atoms with Gasteiger partial charge >= 0.3 is 0 Å². The van der Waals surface area contributed by atoms with Gasteiger partial charge in [0, 0.05) is 30.3 Å². The second-order valence-corrected chi connectivity index (χ2v) is 5.28. The molecule has 3 nitrogen and oxygen atoms in total. The average Bonchev–Trinajstić information content (AvgIpc) is 2.77. The van der Waals surface area contributed by atoms with Gasteiger partial charge in [-0.25, -0.2) is 4.39 Å². The molecule has 1 aromatic rings. The van der Waals surface area contributed by atoms with Crippen molar-refractivity contribution in [1.82, 2.24) is 4.90 Å². The van der Waals surface area contributed by atoms with E-state index in [0.717, 1.165) is 19.5 Å². The Bertz CT molecular complexity index is 422. The van der Waals surface area contributed by atoms with E-state index < -0.39 is 0 Å². The van der Waals surface area contributed by atoms with Crippen LogP contribution in [0.4, 0.5) is 4.39 Å². The molecule has 0 radical (unpaired) electrons. The zero-order valence-electron chi connectivity index (χ0n) is 10.9. The first-order valence-corrected chi connectivity index (χ1v) is 6.47. The summed E-state index contributed by atoms with van der Waals surface area (Å²) in [6.45, 7) is 5.89. The maximum absolute atomic E-state index is 13.8. The van der Waals surface area contributed by atoms with Crippen LogP contribution in [0.1, 0.15) is 31.9 Å². The number of hydrogen-bond donors (Lipinski definition) is 2. The van der Waals surface area contributed by atoms with Crippen molar-refractivity contribution in [3.8, 4) is 5.75 Å². The van der Waals surface area contributed by atoms with Gasteiger partial charge < -0.3 is 10.8 Å². The van der Waals surface area contributed by atoms with Crippen LogP contribution in [0.3, 0.4) is 0 Å². The molecule has 1 saturated heterocycles. The number of halogens is 1. The fourth-order valence-electron chi connectivity index (χ4n) is 2.65. The molecule has 1 aliphatic rings. The molecule has 1 aliphatic heterocycles. The Kier molecular flexibility index (Phi) is 3.88. The lowest BCUT2D eigenvalue weighted by molar-refractivity contribution is 0.243. The summed E-state index contributed by atoms with van der Waals surface area (Å²) in [4.78, 5) is 2.25. The van der Waals surface area contributed by atoms with Crippen molar-refractivity contribution in [3.63, 3.8) is 0 Å². The molecular weight excluding hydrogens is 231 g/mol. The molecule has 0 aromatic heterocycles. The van der Waals surface area contributed by atoms with E-state index in [-0.39, 0.29) is 23.7 Å². The van der Waals surface area contributed by atoms with E-state index in [1.165, 1.54) is 12.1 Å². The van der Waals surface area contributed by atoms with Crippen LogP contribution in [0.15, 0.2) is 18.2 Å². The summed E-state index contributed by atoms with van der Waals surface area (Å²) in [5, 5.41) is 9.23. The van der Waals surface area contributed by atoms with E-state index in [0.29, 0.717) is 11.5 Å². The van der Waals surface area contributed by atoms with Crippen molar-refractivity contribution in [3.05, 3.63) is 29.6 Å². The summed E-state index contributed by atoms with van der Waals surface area (Å²) in [5.74, 6) is 0.123. The van der Waals surface area contributed by atoms with E-state index in [2.05, 4.69) is 4.90 Å². The SMILES string of the molecule is CC(N)C1CCN(C(C)c2ccc(O)cc2F)C1. The third-order valence-corrected chi connectivity index (χ3v) is 3.98. The molecular formula is C14H21FN2O. The quantitative estimate of drug-likeness (QED) is 0.867. The Morgan fingerprint density at radius 3 is 2.72 bits per heavy atom. The number of nitrogens with two attached hydrogens (primary N) is 1. The summed E-state index contributed by atoms with van der Waals surface area (Å²) in [6.07, 6.45) is 1.07.